The van der Waals surface area contributed by atoms with E-state index in [9.17, 15) is 14.4 Å². The van der Waals surface area contributed by atoms with E-state index < -0.39 is 18.4 Å². The van der Waals surface area contributed by atoms with Crippen molar-refractivity contribution in [2.24, 2.45) is 0 Å². The Bertz CT molecular complexity index is 789. The van der Waals surface area contributed by atoms with Crippen molar-refractivity contribution in [2.45, 2.75) is 0 Å². The summed E-state index contributed by atoms with van der Waals surface area (Å²) >= 11 is 0. The Morgan fingerprint density at radius 3 is 2.27 bits per heavy atom. The molecular weight excluding hydrogens is 340 g/mol. The zero-order valence-electron chi connectivity index (χ0n) is 14.0. The van der Waals surface area contributed by atoms with E-state index in [0.29, 0.717) is 17.2 Å². The molecule has 0 atom stereocenters. The van der Waals surface area contributed by atoms with Crippen molar-refractivity contribution < 1.29 is 29.0 Å². The molecule has 0 aromatic heterocycles. The van der Waals surface area contributed by atoms with Crippen LogP contribution in [0.15, 0.2) is 48.5 Å². The van der Waals surface area contributed by atoms with Crippen LogP contribution in [0.5, 0.6) is 11.5 Å². The number of hydrogen-bond acceptors (Lipinski definition) is 5. The molecule has 0 saturated heterocycles. The van der Waals surface area contributed by atoms with Gasteiger partial charge >= 0.3 is 5.97 Å². The molecule has 0 aliphatic carbocycles. The molecule has 0 fully saturated rings. The molecule has 0 bridgehead atoms. The van der Waals surface area contributed by atoms with E-state index in [-0.39, 0.29) is 18.1 Å². The number of ether oxygens (including phenoxy) is 2. The first-order valence-electron chi connectivity index (χ1n) is 7.65. The van der Waals surface area contributed by atoms with Gasteiger partial charge in [-0.3, -0.25) is 14.4 Å². The van der Waals surface area contributed by atoms with Gasteiger partial charge in [0, 0.05) is 11.3 Å². The summed E-state index contributed by atoms with van der Waals surface area (Å²) < 4.78 is 10.6. The molecular formula is C18H18N2O6. The van der Waals surface area contributed by atoms with Gasteiger partial charge in [-0.05, 0) is 36.4 Å². The van der Waals surface area contributed by atoms with Crippen LogP contribution in [0.25, 0.3) is 0 Å². The number of carbonyl (C=O) groups is 3. The van der Waals surface area contributed by atoms with Gasteiger partial charge in [0.1, 0.15) is 6.54 Å². The van der Waals surface area contributed by atoms with E-state index in [1.807, 2.05) is 0 Å². The molecule has 2 aromatic carbocycles. The summed E-state index contributed by atoms with van der Waals surface area (Å²) in [6, 6.07) is 13.0. The SMILES string of the molecule is COc1ccccc1OCC(=O)Nc1ccc(C(=O)NCC(=O)O)cc1. The highest BCUT2D eigenvalue weighted by Crippen LogP contribution is 2.25. The van der Waals surface area contributed by atoms with Crippen molar-refractivity contribution in [3.63, 3.8) is 0 Å². The molecule has 2 amide bonds. The van der Waals surface area contributed by atoms with Crippen molar-refractivity contribution >= 4 is 23.5 Å². The van der Waals surface area contributed by atoms with Crippen LogP contribution >= 0.6 is 0 Å². The van der Waals surface area contributed by atoms with E-state index in [2.05, 4.69) is 10.6 Å². The van der Waals surface area contributed by atoms with Crippen molar-refractivity contribution in [2.75, 3.05) is 25.6 Å². The maximum Gasteiger partial charge on any atom is 0.322 e. The lowest BCUT2D eigenvalue weighted by molar-refractivity contribution is -0.135. The summed E-state index contributed by atoms with van der Waals surface area (Å²) in [5.74, 6) is -1.03. The Hall–Kier alpha value is -3.55. The van der Waals surface area contributed by atoms with E-state index in [1.165, 1.54) is 31.4 Å². The number of para-hydroxylation sites is 2. The first-order valence-corrected chi connectivity index (χ1v) is 7.65. The second-order valence-corrected chi connectivity index (χ2v) is 5.14. The molecule has 2 aromatic rings. The summed E-state index contributed by atoms with van der Waals surface area (Å²) in [6.45, 7) is -0.668. The number of methoxy groups -OCH3 is 1. The summed E-state index contributed by atoms with van der Waals surface area (Å²) in [4.78, 5) is 34.1. The molecule has 0 heterocycles. The van der Waals surface area contributed by atoms with Gasteiger partial charge < -0.3 is 25.2 Å². The minimum absolute atomic E-state index is 0.207. The number of carboxylic acids is 1. The quantitative estimate of drug-likeness (QED) is 0.659. The Labute approximate surface area is 149 Å². The van der Waals surface area contributed by atoms with E-state index in [4.69, 9.17) is 14.6 Å². The van der Waals surface area contributed by atoms with E-state index >= 15 is 0 Å². The smallest absolute Gasteiger partial charge is 0.322 e. The lowest BCUT2D eigenvalue weighted by Crippen LogP contribution is -2.29. The normalized spacial score (nSPS) is 9.88. The molecule has 0 unspecified atom stereocenters. The van der Waals surface area contributed by atoms with Crippen LogP contribution in [0, 0.1) is 0 Å². The zero-order valence-corrected chi connectivity index (χ0v) is 14.0. The molecule has 136 valence electrons. The van der Waals surface area contributed by atoms with Crippen LogP contribution in [0.2, 0.25) is 0 Å². The van der Waals surface area contributed by atoms with Crippen LogP contribution in [0.4, 0.5) is 5.69 Å². The zero-order chi connectivity index (χ0) is 18.9. The maximum absolute atomic E-state index is 12.0. The van der Waals surface area contributed by atoms with Gasteiger partial charge in [0.25, 0.3) is 11.8 Å². The number of amides is 2. The fourth-order valence-corrected chi connectivity index (χ4v) is 2.04. The number of hydrogen-bond donors (Lipinski definition) is 3. The van der Waals surface area contributed by atoms with Gasteiger partial charge in [-0.25, -0.2) is 0 Å². The van der Waals surface area contributed by atoms with Crippen LogP contribution in [-0.4, -0.2) is 43.2 Å². The highest BCUT2D eigenvalue weighted by Gasteiger charge is 2.09. The minimum Gasteiger partial charge on any atom is -0.493 e. The number of aliphatic carboxylic acids is 1. The summed E-state index contributed by atoms with van der Waals surface area (Å²) in [5.41, 5.74) is 0.767. The molecule has 2 rings (SSSR count). The molecule has 8 heteroatoms. The number of rotatable bonds is 8. The summed E-state index contributed by atoms with van der Waals surface area (Å²) in [7, 11) is 1.51. The molecule has 8 nitrogen and oxygen atoms in total. The Morgan fingerprint density at radius 2 is 1.65 bits per heavy atom. The summed E-state index contributed by atoms with van der Waals surface area (Å²) in [5, 5.41) is 13.4. The molecule has 26 heavy (non-hydrogen) atoms. The lowest BCUT2D eigenvalue weighted by Gasteiger charge is -2.10. The third-order valence-corrected chi connectivity index (χ3v) is 3.26. The van der Waals surface area contributed by atoms with E-state index in [0.717, 1.165) is 0 Å². The number of benzene rings is 2. The van der Waals surface area contributed by atoms with Crippen LogP contribution < -0.4 is 20.1 Å². The average Bonchev–Trinajstić information content (AvgIpc) is 2.65. The fourth-order valence-electron chi connectivity index (χ4n) is 2.04. The molecule has 0 radical (unpaired) electrons. The Kier molecular flexibility index (Phi) is 6.55. The van der Waals surface area contributed by atoms with Gasteiger partial charge in [0.15, 0.2) is 18.1 Å². The highest BCUT2D eigenvalue weighted by atomic mass is 16.5. The number of carbonyl (C=O) groups excluding carboxylic acids is 2. The Morgan fingerprint density at radius 1 is 1.00 bits per heavy atom. The van der Waals surface area contributed by atoms with Crippen LogP contribution in [0.1, 0.15) is 10.4 Å². The monoisotopic (exact) mass is 358 g/mol. The van der Waals surface area contributed by atoms with Crippen molar-refractivity contribution in [1.82, 2.24) is 5.32 Å². The van der Waals surface area contributed by atoms with Gasteiger partial charge in [-0.1, -0.05) is 12.1 Å². The predicted octanol–water partition coefficient (Wildman–Crippen LogP) is 1.53. The average molecular weight is 358 g/mol. The predicted molar refractivity (Wildman–Crippen MR) is 93.5 cm³/mol. The molecule has 0 aliphatic rings. The van der Waals surface area contributed by atoms with Gasteiger partial charge in [0.05, 0.1) is 7.11 Å². The number of nitrogens with one attached hydrogen (secondary N) is 2. The second kappa shape index (κ2) is 9.07. The van der Waals surface area contributed by atoms with Gasteiger partial charge in [-0.2, -0.15) is 0 Å². The van der Waals surface area contributed by atoms with E-state index in [1.54, 1.807) is 24.3 Å². The first-order chi connectivity index (χ1) is 12.5. The fraction of sp³-hybridized carbons (Fsp3) is 0.167. The maximum atomic E-state index is 12.0. The Balaban J connectivity index is 1.87. The molecule has 0 saturated carbocycles. The highest BCUT2D eigenvalue weighted by molar-refractivity contribution is 5.97. The van der Waals surface area contributed by atoms with Gasteiger partial charge in [0.2, 0.25) is 0 Å². The van der Waals surface area contributed by atoms with Crippen molar-refractivity contribution in [1.29, 1.82) is 0 Å². The topological polar surface area (TPSA) is 114 Å². The third-order valence-electron chi connectivity index (χ3n) is 3.26. The second-order valence-electron chi connectivity index (χ2n) is 5.14. The number of anilines is 1. The third kappa shape index (κ3) is 5.52. The lowest BCUT2D eigenvalue weighted by atomic mass is 10.2. The number of carboxylic acid groups (broad SMARTS) is 1. The largest absolute Gasteiger partial charge is 0.493 e. The molecule has 3 N–H and O–H groups in total. The summed E-state index contributed by atoms with van der Waals surface area (Å²) in [6.07, 6.45) is 0. The molecule has 0 aliphatic heterocycles. The minimum atomic E-state index is -1.13. The van der Waals surface area contributed by atoms with Crippen LogP contribution in [-0.2, 0) is 9.59 Å². The molecule has 0 spiro atoms. The van der Waals surface area contributed by atoms with Gasteiger partial charge in [-0.15, -0.1) is 0 Å². The van der Waals surface area contributed by atoms with Crippen molar-refractivity contribution in [3.8, 4) is 11.5 Å². The van der Waals surface area contributed by atoms with Crippen molar-refractivity contribution in [3.05, 3.63) is 54.1 Å². The van der Waals surface area contributed by atoms with Crippen LogP contribution in [0.3, 0.4) is 0 Å². The first kappa shape index (κ1) is 18.8. The standard InChI is InChI=1S/C18H18N2O6/c1-25-14-4-2-3-5-15(14)26-11-16(21)20-13-8-6-12(7-9-13)18(24)19-10-17(22)23/h2-9H,10-11H2,1H3,(H,19,24)(H,20,21)(H,22,23).